The average Bonchev–Trinajstić information content (AvgIpc) is 2.51. The number of benzene rings is 1. The van der Waals surface area contributed by atoms with Crippen LogP contribution in [0, 0.1) is 0 Å². The molecule has 0 fully saturated rings. The molecule has 2 N–H and O–H groups in total. The number of ether oxygens (including phenoxy) is 1. The van der Waals surface area contributed by atoms with Gasteiger partial charge in [0.15, 0.2) is 6.61 Å². The lowest BCUT2D eigenvalue weighted by Crippen LogP contribution is -2.33. The SMILES string of the molecule is CCC(C)NC(=O)CC(C)=NNC(=O)COc1ccccc1. The van der Waals surface area contributed by atoms with E-state index < -0.39 is 0 Å². The fraction of sp³-hybridized carbons (Fsp3) is 0.438. The Labute approximate surface area is 130 Å². The van der Waals surface area contributed by atoms with Gasteiger partial charge < -0.3 is 10.1 Å². The Hall–Kier alpha value is -2.37. The van der Waals surface area contributed by atoms with Gasteiger partial charge in [-0.25, -0.2) is 5.43 Å². The zero-order chi connectivity index (χ0) is 16.4. The van der Waals surface area contributed by atoms with E-state index in [0.717, 1.165) is 6.42 Å². The van der Waals surface area contributed by atoms with Crippen molar-refractivity contribution >= 4 is 17.5 Å². The second-order valence-electron chi connectivity index (χ2n) is 5.04. The van der Waals surface area contributed by atoms with Gasteiger partial charge >= 0.3 is 0 Å². The first-order chi connectivity index (χ1) is 10.5. The molecule has 1 rings (SSSR count). The second kappa shape index (κ2) is 9.55. The number of hydrazone groups is 1. The molecule has 6 heteroatoms. The number of nitrogens with one attached hydrogen (secondary N) is 2. The molecule has 6 nitrogen and oxygen atoms in total. The van der Waals surface area contributed by atoms with E-state index >= 15 is 0 Å². The van der Waals surface area contributed by atoms with Crippen LogP contribution in [0.15, 0.2) is 35.4 Å². The highest BCUT2D eigenvalue weighted by molar-refractivity contribution is 6.00. The van der Waals surface area contributed by atoms with Gasteiger partial charge in [0.2, 0.25) is 5.91 Å². The summed E-state index contributed by atoms with van der Waals surface area (Å²) in [5.74, 6) is 0.141. The molecule has 0 aliphatic carbocycles. The first-order valence-corrected chi connectivity index (χ1v) is 7.30. The van der Waals surface area contributed by atoms with Crippen LogP contribution in [0.2, 0.25) is 0 Å². The van der Waals surface area contributed by atoms with Crippen LogP contribution >= 0.6 is 0 Å². The largest absolute Gasteiger partial charge is 0.484 e. The maximum atomic E-state index is 11.6. The van der Waals surface area contributed by atoms with Crippen molar-refractivity contribution in [2.45, 2.75) is 39.7 Å². The highest BCUT2D eigenvalue weighted by Crippen LogP contribution is 2.07. The number of amides is 2. The summed E-state index contributed by atoms with van der Waals surface area (Å²) in [7, 11) is 0. The van der Waals surface area contributed by atoms with E-state index in [0.29, 0.717) is 11.5 Å². The van der Waals surface area contributed by atoms with Gasteiger partial charge in [-0.3, -0.25) is 9.59 Å². The van der Waals surface area contributed by atoms with Crippen LogP contribution in [-0.2, 0) is 9.59 Å². The smallest absolute Gasteiger partial charge is 0.277 e. The molecule has 120 valence electrons. The molecule has 1 aromatic rings. The molecule has 1 unspecified atom stereocenters. The third-order valence-corrected chi connectivity index (χ3v) is 2.92. The average molecular weight is 305 g/mol. The van der Waals surface area contributed by atoms with Gasteiger partial charge in [0.25, 0.3) is 5.91 Å². The maximum absolute atomic E-state index is 11.6. The Bertz CT molecular complexity index is 515. The van der Waals surface area contributed by atoms with E-state index in [4.69, 9.17) is 4.74 Å². The predicted molar refractivity (Wildman–Crippen MR) is 85.7 cm³/mol. The van der Waals surface area contributed by atoms with Crippen LogP contribution < -0.4 is 15.5 Å². The highest BCUT2D eigenvalue weighted by atomic mass is 16.5. The summed E-state index contributed by atoms with van der Waals surface area (Å²) in [6.45, 7) is 5.50. The van der Waals surface area contributed by atoms with Crippen molar-refractivity contribution in [3.63, 3.8) is 0 Å². The normalized spacial score (nSPS) is 12.4. The van der Waals surface area contributed by atoms with Gasteiger partial charge in [0, 0.05) is 11.8 Å². The van der Waals surface area contributed by atoms with Crippen LogP contribution in [0.1, 0.15) is 33.6 Å². The minimum Gasteiger partial charge on any atom is -0.484 e. The van der Waals surface area contributed by atoms with Crippen molar-refractivity contribution in [1.82, 2.24) is 10.7 Å². The van der Waals surface area contributed by atoms with Crippen LogP contribution in [-0.4, -0.2) is 30.2 Å². The monoisotopic (exact) mass is 305 g/mol. The minimum atomic E-state index is -0.370. The molecular weight excluding hydrogens is 282 g/mol. The maximum Gasteiger partial charge on any atom is 0.277 e. The van der Waals surface area contributed by atoms with Crippen LogP contribution in [0.4, 0.5) is 0 Å². The van der Waals surface area contributed by atoms with Crippen LogP contribution in [0.25, 0.3) is 0 Å². The zero-order valence-electron chi connectivity index (χ0n) is 13.3. The number of para-hydroxylation sites is 1. The molecule has 0 aliphatic rings. The van der Waals surface area contributed by atoms with Gasteiger partial charge in [-0.2, -0.15) is 5.10 Å². The Kier molecular flexibility index (Phi) is 7.67. The minimum absolute atomic E-state index is 0.106. The van der Waals surface area contributed by atoms with Gasteiger partial charge in [0.05, 0.1) is 6.42 Å². The summed E-state index contributed by atoms with van der Waals surface area (Å²) in [5.41, 5.74) is 2.91. The first kappa shape index (κ1) is 17.7. The molecule has 0 aromatic heterocycles. The molecular formula is C16H23N3O3. The summed E-state index contributed by atoms with van der Waals surface area (Å²) in [6, 6.07) is 9.18. The van der Waals surface area contributed by atoms with E-state index in [2.05, 4.69) is 15.8 Å². The van der Waals surface area contributed by atoms with Crippen molar-refractivity contribution in [3.8, 4) is 5.75 Å². The number of rotatable bonds is 8. The molecule has 1 atom stereocenters. The van der Waals surface area contributed by atoms with Crippen molar-refractivity contribution in [2.75, 3.05) is 6.61 Å². The fourth-order valence-corrected chi connectivity index (χ4v) is 1.56. The number of nitrogens with zero attached hydrogens (tertiary/aromatic N) is 1. The summed E-state index contributed by atoms with van der Waals surface area (Å²) >= 11 is 0. The predicted octanol–water partition coefficient (Wildman–Crippen LogP) is 1.86. The first-order valence-electron chi connectivity index (χ1n) is 7.30. The van der Waals surface area contributed by atoms with Gasteiger partial charge in [-0.05, 0) is 32.4 Å². The number of hydrogen-bond acceptors (Lipinski definition) is 4. The number of hydrogen-bond donors (Lipinski definition) is 2. The summed E-state index contributed by atoms with van der Waals surface area (Å²) in [6.07, 6.45) is 1.03. The quantitative estimate of drug-likeness (QED) is 0.568. The molecule has 22 heavy (non-hydrogen) atoms. The molecule has 2 amide bonds. The van der Waals surface area contributed by atoms with Crippen molar-refractivity contribution in [3.05, 3.63) is 30.3 Å². The van der Waals surface area contributed by atoms with Crippen molar-refractivity contribution < 1.29 is 14.3 Å². The second-order valence-corrected chi connectivity index (χ2v) is 5.04. The topological polar surface area (TPSA) is 79.8 Å². The lowest BCUT2D eigenvalue weighted by Gasteiger charge is -2.11. The molecule has 0 heterocycles. The lowest BCUT2D eigenvalue weighted by atomic mass is 10.2. The van der Waals surface area contributed by atoms with E-state index in [-0.39, 0.29) is 30.9 Å². The van der Waals surface area contributed by atoms with Crippen molar-refractivity contribution in [2.24, 2.45) is 5.10 Å². The Morgan fingerprint density at radius 3 is 2.55 bits per heavy atom. The van der Waals surface area contributed by atoms with E-state index in [1.54, 1.807) is 19.1 Å². The summed E-state index contributed by atoms with van der Waals surface area (Å²) in [4.78, 5) is 23.2. The standard InChI is InChI=1S/C16H23N3O3/c1-4-12(2)17-15(20)10-13(3)18-19-16(21)11-22-14-8-6-5-7-9-14/h5-9,12H,4,10-11H2,1-3H3,(H,17,20)(H,19,21). The number of carbonyl (C=O) groups excluding carboxylic acids is 2. The van der Waals surface area contributed by atoms with Gasteiger partial charge in [0.1, 0.15) is 5.75 Å². The molecule has 0 saturated heterocycles. The fourth-order valence-electron chi connectivity index (χ4n) is 1.56. The van der Waals surface area contributed by atoms with E-state index in [9.17, 15) is 9.59 Å². The highest BCUT2D eigenvalue weighted by Gasteiger charge is 2.07. The molecule has 0 radical (unpaired) electrons. The Morgan fingerprint density at radius 1 is 1.23 bits per heavy atom. The summed E-state index contributed by atoms with van der Waals surface area (Å²) in [5, 5.41) is 6.72. The van der Waals surface area contributed by atoms with Crippen LogP contribution in [0.5, 0.6) is 5.75 Å². The molecule has 0 bridgehead atoms. The lowest BCUT2D eigenvalue weighted by molar-refractivity contribution is -0.123. The van der Waals surface area contributed by atoms with E-state index in [1.165, 1.54) is 0 Å². The van der Waals surface area contributed by atoms with Crippen LogP contribution in [0.3, 0.4) is 0 Å². The molecule has 0 aliphatic heterocycles. The third-order valence-electron chi connectivity index (χ3n) is 2.92. The van der Waals surface area contributed by atoms with E-state index in [1.807, 2.05) is 32.0 Å². The molecule has 1 aromatic carbocycles. The number of carbonyl (C=O) groups is 2. The van der Waals surface area contributed by atoms with Gasteiger partial charge in [-0.15, -0.1) is 0 Å². The summed E-state index contributed by atoms with van der Waals surface area (Å²) < 4.78 is 5.29. The molecule has 0 saturated carbocycles. The van der Waals surface area contributed by atoms with Crippen molar-refractivity contribution in [1.29, 1.82) is 0 Å². The van der Waals surface area contributed by atoms with Gasteiger partial charge in [-0.1, -0.05) is 25.1 Å². The molecule has 0 spiro atoms. The Balaban J connectivity index is 2.30. The zero-order valence-corrected chi connectivity index (χ0v) is 13.3. The Morgan fingerprint density at radius 2 is 1.91 bits per heavy atom. The third kappa shape index (κ3) is 7.42.